The van der Waals surface area contributed by atoms with Crippen molar-refractivity contribution in [3.05, 3.63) is 0 Å². The van der Waals surface area contributed by atoms with Gasteiger partial charge in [0.2, 0.25) is 0 Å². The van der Waals surface area contributed by atoms with Crippen LogP contribution >= 0.6 is 0 Å². The maximum absolute atomic E-state index is 9.53. The molecule has 112 valence electrons. The quantitative estimate of drug-likeness (QED) is 0.779. The summed E-state index contributed by atoms with van der Waals surface area (Å²) in [5, 5.41) is 13.2. The van der Waals surface area contributed by atoms with E-state index in [9.17, 15) is 5.11 Å². The fourth-order valence-corrected chi connectivity index (χ4v) is 4.01. The van der Waals surface area contributed by atoms with Crippen LogP contribution in [0.5, 0.6) is 0 Å². The Balaban J connectivity index is 2.00. The van der Waals surface area contributed by atoms with Gasteiger partial charge in [0, 0.05) is 24.1 Å². The maximum Gasteiger partial charge on any atom is 0.0661 e. The molecule has 0 saturated heterocycles. The third kappa shape index (κ3) is 2.98. The lowest BCUT2D eigenvalue weighted by molar-refractivity contribution is -0.153. The van der Waals surface area contributed by atoms with E-state index in [0.29, 0.717) is 23.5 Å². The molecule has 0 radical (unpaired) electrons. The Morgan fingerprint density at radius 1 is 1.26 bits per heavy atom. The summed E-state index contributed by atoms with van der Waals surface area (Å²) in [4.78, 5) is 0. The number of ether oxygens (including phenoxy) is 1. The van der Waals surface area contributed by atoms with E-state index in [2.05, 4.69) is 26.1 Å². The predicted octanol–water partition coefficient (Wildman–Crippen LogP) is 2.72. The van der Waals surface area contributed by atoms with E-state index in [-0.39, 0.29) is 12.6 Å². The minimum absolute atomic E-state index is 0.228. The molecule has 0 aromatic heterocycles. The molecule has 0 aliphatic heterocycles. The van der Waals surface area contributed by atoms with Crippen LogP contribution < -0.4 is 5.32 Å². The van der Waals surface area contributed by atoms with Crippen LogP contribution in [0.15, 0.2) is 0 Å². The lowest BCUT2D eigenvalue weighted by Crippen LogP contribution is -2.66. The van der Waals surface area contributed by atoms with E-state index in [4.69, 9.17) is 4.74 Å². The first-order valence-electron chi connectivity index (χ1n) is 8.12. The van der Waals surface area contributed by atoms with Crippen molar-refractivity contribution in [3.8, 4) is 0 Å². The highest BCUT2D eigenvalue weighted by Crippen LogP contribution is 2.53. The summed E-state index contributed by atoms with van der Waals surface area (Å²) in [5.41, 5.74) is 0.358. The summed E-state index contributed by atoms with van der Waals surface area (Å²) in [7, 11) is 0. The van der Waals surface area contributed by atoms with Gasteiger partial charge in [0.05, 0.1) is 12.7 Å². The fraction of sp³-hybridized carbons (Fsp3) is 1.00. The molecule has 3 atom stereocenters. The van der Waals surface area contributed by atoms with Crippen molar-refractivity contribution < 1.29 is 9.84 Å². The van der Waals surface area contributed by atoms with Crippen molar-refractivity contribution in [2.45, 2.75) is 77.5 Å². The molecule has 1 spiro atoms. The summed E-state index contributed by atoms with van der Waals surface area (Å²) < 4.78 is 5.97. The van der Waals surface area contributed by atoms with Crippen LogP contribution in [0.25, 0.3) is 0 Å². The van der Waals surface area contributed by atoms with Gasteiger partial charge in [0.15, 0.2) is 0 Å². The topological polar surface area (TPSA) is 41.5 Å². The SMILES string of the molecule is CCOC1CC(NC(CO)C(C)C)C12CCCCC2. The molecule has 3 unspecified atom stereocenters. The van der Waals surface area contributed by atoms with Gasteiger partial charge >= 0.3 is 0 Å². The first-order chi connectivity index (χ1) is 9.14. The van der Waals surface area contributed by atoms with Crippen LogP contribution in [0.2, 0.25) is 0 Å². The van der Waals surface area contributed by atoms with Gasteiger partial charge in [-0.2, -0.15) is 0 Å². The van der Waals surface area contributed by atoms with Crippen LogP contribution in [-0.4, -0.2) is 36.5 Å². The van der Waals surface area contributed by atoms with Gasteiger partial charge in [-0.1, -0.05) is 33.1 Å². The minimum atomic E-state index is 0.228. The van der Waals surface area contributed by atoms with E-state index in [1.165, 1.54) is 32.1 Å². The molecule has 0 bridgehead atoms. The van der Waals surface area contributed by atoms with Crippen molar-refractivity contribution in [1.29, 1.82) is 0 Å². The highest BCUT2D eigenvalue weighted by Gasteiger charge is 2.55. The smallest absolute Gasteiger partial charge is 0.0661 e. The van der Waals surface area contributed by atoms with Crippen LogP contribution in [0.3, 0.4) is 0 Å². The molecule has 2 rings (SSSR count). The average molecular weight is 269 g/mol. The first kappa shape index (κ1) is 15.3. The molecule has 2 aliphatic carbocycles. The summed E-state index contributed by atoms with van der Waals surface area (Å²) >= 11 is 0. The highest BCUT2D eigenvalue weighted by molar-refractivity contribution is 5.09. The van der Waals surface area contributed by atoms with Gasteiger partial charge in [-0.05, 0) is 32.1 Å². The van der Waals surface area contributed by atoms with Crippen molar-refractivity contribution in [2.75, 3.05) is 13.2 Å². The fourth-order valence-electron chi connectivity index (χ4n) is 4.01. The zero-order valence-corrected chi connectivity index (χ0v) is 12.8. The van der Waals surface area contributed by atoms with Crippen molar-refractivity contribution >= 4 is 0 Å². The largest absolute Gasteiger partial charge is 0.395 e. The molecule has 0 aromatic carbocycles. The predicted molar refractivity (Wildman–Crippen MR) is 78.2 cm³/mol. The van der Waals surface area contributed by atoms with Crippen molar-refractivity contribution in [2.24, 2.45) is 11.3 Å². The van der Waals surface area contributed by atoms with Gasteiger partial charge in [-0.25, -0.2) is 0 Å². The van der Waals surface area contributed by atoms with E-state index in [1.807, 2.05) is 0 Å². The molecule has 2 saturated carbocycles. The van der Waals surface area contributed by atoms with Crippen LogP contribution in [0, 0.1) is 11.3 Å². The first-order valence-corrected chi connectivity index (χ1v) is 8.12. The van der Waals surface area contributed by atoms with Crippen LogP contribution in [-0.2, 0) is 4.74 Å². The van der Waals surface area contributed by atoms with Gasteiger partial charge in [0.25, 0.3) is 0 Å². The van der Waals surface area contributed by atoms with Crippen LogP contribution in [0.1, 0.15) is 59.3 Å². The Hall–Kier alpha value is -0.120. The molecule has 3 heteroatoms. The number of hydrogen-bond acceptors (Lipinski definition) is 3. The highest BCUT2D eigenvalue weighted by atomic mass is 16.5. The molecule has 0 aromatic rings. The summed E-state index contributed by atoms with van der Waals surface area (Å²) in [5.74, 6) is 0.483. The normalized spacial score (nSPS) is 31.4. The van der Waals surface area contributed by atoms with Gasteiger partial charge in [-0.3, -0.25) is 0 Å². The molecule has 2 N–H and O–H groups in total. The second-order valence-corrected chi connectivity index (χ2v) is 6.73. The summed E-state index contributed by atoms with van der Waals surface area (Å²) in [6, 6.07) is 0.773. The van der Waals surface area contributed by atoms with Crippen molar-refractivity contribution in [3.63, 3.8) is 0 Å². The molecular weight excluding hydrogens is 238 g/mol. The molecule has 2 fully saturated rings. The Morgan fingerprint density at radius 3 is 2.47 bits per heavy atom. The molecule has 19 heavy (non-hydrogen) atoms. The van der Waals surface area contributed by atoms with E-state index in [1.54, 1.807) is 0 Å². The Labute approximate surface area is 118 Å². The Kier molecular flexibility index (Phi) is 5.27. The van der Waals surface area contributed by atoms with Gasteiger partial charge in [0.1, 0.15) is 0 Å². The number of rotatable bonds is 6. The van der Waals surface area contributed by atoms with Gasteiger partial charge < -0.3 is 15.2 Å². The van der Waals surface area contributed by atoms with Crippen LogP contribution in [0.4, 0.5) is 0 Å². The summed E-state index contributed by atoms with van der Waals surface area (Å²) in [6.45, 7) is 7.53. The second kappa shape index (κ2) is 6.55. The monoisotopic (exact) mass is 269 g/mol. The standard InChI is InChI=1S/C16H31NO2/c1-4-19-15-10-14(17-13(11-18)12(2)3)16(15)8-6-5-7-9-16/h12-15,17-18H,4-11H2,1-3H3. The number of aliphatic hydroxyl groups is 1. The van der Waals surface area contributed by atoms with E-state index in [0.717, 1.165) is 13.0 Å². The Morgan fingerprint density at radius 2 is 1.95 bits per heavy atom. The zero-order valence-electron chi connectivity index (χ0n) is 12.8. The minimum Gasteiger partial charge on any atom is -0.395 e. The molecule has 0 amide bonds. The molecule has 0 heterocycles. The lowest BCUT2D eigenvalue weighted by atomic mass is 9.55. The third-order valence-electron chi connectivity index (χ3n) is 5.35. The second-order valence-electron chi connectivity index (χ2n) is 6.73. The van der Waals surface area contributed by atoms with E-state index < -0.39 is 0 Å². The number of nitrogens with one attached hydrogen (secondary N) is 1. The zero-order chi connectivity index (χ0) is 13.9. The number of aliphatic hydroxyl groups excluding tert-OH is 1. The molecular formula is C16H31NO2. The van der Waals surface area contributed by atoms with Gasteiger partial charge in [-0.15, -0.1) is 0 Å². The van der Waals surface area contributed by atoms with E-state index >= 15 is 0 Å². The third-order valence-corrected chi connectivity index (χ3v) is 5.35. The molecule has 2 aliphatic rings. The summed E-state index contributed by atoms with van der Waals surface area (Å²) in [6.07, 6.45) is 8.22. The molecule has 3 nitrogen and oxygen atoms in total. The van der Waals surface area contributed by atoms with Crippen molar-refractivity contribution in [1.82, 2.24) is 5.32 Å². The number of hydrogen-bond donors (Lipinski definition) is 2. The average Bonchev–Trinajstić information content (AvgIpc) is 2.42. The maximum atomic E-state index is 9.53. The Bertz CT molecular complexity index is 274. The lowest BCUT2D eigenvalue weighted by Gasteiger charge is -2.58.